The fourth-order valence-corrected chi connectivity index (χ4v) is 1.83. The van der Waals surface area contributed by atoms with Crippen LogP contribution in [0.25, 0.3) is 0 Å². The van der Waals surface area contributed by atoms with Crippen LogP contribution in [0.1, 0.15) is 16.8 Å². The first-order chi connectivity index (χ1) is 7.29. The molecule has 0 amide bonds. The Kier molecular flexibility index (Phi) is 3.38. The molecule has 1 saturated heterocycles. The molecule has 1 unspecified atom stereocenters. The van der Waals surface area contributed by atoms with Gasteiger partial charge in [0.2, 0.25) is 0 Å². The SMILES string of the molecule is O=C(CCl)c1cnn(CC2CCOC2)c1. The minimum absolute atomic E-state index is 0.0121. The number of ether oxygens (including phenoxy) is 1. The normalized spacial score (nSPS) is 20.7. The monoisotopic (exact) mass is 228 g/mol. The number of hydrogen-bond donors (Lipinski definition) is 0. The lowest BCUT2D eigenvalue weighted by atomic mass is 10.1. The molecule has 4 nitrogen and oxygen atoms in total. The molecular weight excluding hydrogens is 216 g/mol. The first-order valence-electron chi connectivity index (χ1n) is 4.99. The van der Waals surface area contributed by atoms with Crippen molar-refractivity contribution in [2.45, 2.75) is 13.0 Å². The molecule has 0 aromatic carbocycles. The van der Waals surface area contributed by atoms with E-state index in [0.717, 1.165) is 26.2 Å². The van der Waals surface area contributed by atoms with Gasteiger partial charge in [-0.15, -0.1) is 11.6 Å². The topological polar surface area (TPSA) is 44.1 Å². The van der Waals surface area contributed by atoms with Crippen LogP contribution in [0.4, 0.5) is 0 Å². The molecule has 0 N–H and O–H groups in total. The molecule has 0 saturated carbocycles. The molecule has 1 aliphatic heterocycles. The van der Waals surface area contributed by atoms with Crippen LogP contribution in [-0.4, -0.2) is 34.7 Å². The van der Waals surface area contributed by atoms with E-state index in [1.807, 2.05) is 0 Å². The van der Waals surface area contributed by atoms with Gasteiger partial charge in [0.15, 0.2) is 5.78 Å². The molecule has 1 aliphatic rings. The Morgan fingerprint density at radius 2 is 2.60 bits per heavy atom. The maximum atomic E-state index is 11.3. The molecule has 0 aliphatic carbocycles. The first-order valence-corrected chi connectivity index (χ1v) is 5.52. The van der Waals surface area contributed by atoms with Crippen LogP contribution in [0.15, 0.2) is 12.4 Å². The summed E-state index contributed by atoms with van der Waals surface area (Å²) >= 11 is 5.46. The summed E-state index contributed by atoms with van der Waals surface area (Å²) < 4.78 is 7.07. The Labute approximate surface area is 93.2 Å². The molecule has 1 atom stereocenters. The van der Waals surface area contributed by atoms with Gasteiger partial charge in [-0.2, -0.15) is 5.10 Å². The molecule has 82 valence electrons. The van der Waals surface area contributed by atoms with Crippen molar-refractivity contribution in [3.8, 4) is 0 Å². The van der Waals surface area contributed by atoms with Crippen LogP contribution < -0.4 is 0 Å². The third kappa shape index (κ3) is 2.58. The summed E-state index contributed by atoms with van der Waals surface area (Å²) in [6, 6.07) is 0. The van der Waals surface area contributed by atoms with Crippen LogP contribution in [-0.2, 0) is 11.3 Å². The number of ketones is 1. The Morgan fingerprint density at radius 1 is 1.73 bits per heavy atom. The third-order valence-electron chi connectivity index (χ3n) is 2.55. The van der Waals surface area contributed by atoms with Crippen molar-refractivity contribution < 1.29 is 9.53 Å². The van der Waals surface area contributed by atoms with Gasteiger partial charge in [0, 0.05) is 25.3 Å². The van der Waals surface area contributed by atoms with E-state index in [-0.39, 0.29) is 11.7 Å². The van der Waals surface area contributed by atoms with Gasteiger partial charge < -0.3 is 4.74 Å². The Balaban J connectivity index is 1.97. The average Bonchev–Trinajstić information content (AvgIpc) is 2.88. The summed E-state index contributed by atoms with van der Waals surface area (Å²) in [5, 5.41) is 4.13. The van der Waals surface area contributed by atoms with Crippen molar-refractivity contribution in [3.05, 3.63) is 18.0 Å². The molecular formula is C10H13ClN2O2. The lowest BCUT2D eigenvalue weighted by Gasteiger charge is -2.06. The van der Waals surface area contributed by atoms with Crippen molar-refractivity contribution >= 4 is 17.4 Å². The fraction of sp³-hybridized carbons (Fsp3) is 0.600. The van der Waals surface area contributed by atoms with Crippen molar-refractivity contribution in [2.24, 2.45) is 5.92 Å². The first kappa shape index (κ1) is 10.6. The number of carbonyl (C=O) groups excluding carboxylic acids is 1. The second kappa shape index (κ2) is 4.77. The zero-order valence-corrected chi connectivity index (χ0v) is 9.11. The zero-order valence-electron chi connectivity index (χ0n) is 8.36. The summed E-state index contributed by atoms with van der Waals surface area (Å²) in [5.74, 6) is 0.451. The number of carbonyl (C=O) groups is 1. The predicted octanol–water partition coefficient (Wildman–Crippen LogP) is 1.34. The van der Waals surface area contributed by atoms with Crippen LogP contribution in [0.5, 0.6) is 0 Å². The fourth-order valence-electron chi connectivity index (χ4n) is 1.68. The quantitative estimate of drug-likeness (QED) is 0.577. The van der Waals surface area contributed by atoms with E-state index in [1.165, 1.54) is 0 Å². The summed E-state index contributed by atoms with van der Waals surface area (Å²) in [6.45, 7) is 2.44. The van der Waals surface area contributed by atoms with Gasteiger partial charge in [0.05, 0.1) is 24.2 Å². The lowest BCUT2D eigenvalue weighted by Crippen LogP contribution is -2.10. The van der Waals surface area contributed by atoms with Crippen LogP contribution in [0, 0.1) is 5.92 Å². The third-order valence-corrected chi connectivity index (χ3v) is 2.79. The van der Waals surface area contributed by atoms with E-state index in [1.54, 1.807) is 17.1 Å². The number of nitrogens with zero attached hydrogens (tertiary/aromatic N) is 2. The van der Waals surface area contributed by atoms with E-state index >= 15 is 0 Å². The average molecular weight is 229 g/mol. The smallest absolute Gasteiger partial charge is 0.180 e. The van der Waals surface area contributed by atoms with E-state index in [4.69, 9.17) is 16.3 Å². The molecule has 15 heavy (non-hydrogen) atoms. The Hall–Kier alpha value is -0.870. The lowest BCUT2D eigenvalue weighted by molar-refractivity contribution is 0.102. The predicted molar refractivity (Wildman–Crippen MR) is 56.2 cm³/mol. The second-order valence-corrected chi connectivity index (χ2v) is 4.00. The zero-order chi connectivity index (χ0) is 10.7. The number of rotatable bonds is 4. The maximum Gasteiger partial charge on any atom is 0.180 e. The maximum absolute atomic E-state index is 11.3. The number of halogens is 1. The van der Waals surface area contributed by atoms with Crippen molar-refractivity contribution in [1.29, 1.82) is 0 Å². The van der Waals surface area contributed by atoms with E-state index in [9.17, 15) is 4.79 Å². The standard InChI is InChI=1S/C10H13ClN2O2/c11-3-10(14)9-4-12-13(6-9)5-8-1-2-15-7-8/h4,6,8H,1-3,5,7H2. The summed E-state index contributed by atoms with van der Waals surface area (Å²) in [6.07, 6.45) is 4.39. The largest absolute Gasteiger partial charge is 0.381 e. The highest BCUT2D eigenvalue weighted by Crippen LogP contribution is 2.14. The molecule has 5 heteroatoms. The molecule has 0 bridgehead atoms. The Bertz CT molecular complexity index is 345. The molecule has 1 fully saturated rings. The van der Waals surface area contributed by atoms with E-state index in [2.05, 4.69) is 5.10 Å². The van der Waals surface area contributed by atoms with Gasteiger partial charge in [-0.25, -0.2) is 0 Å². The summed E-state index contributed by atoms with van der Waals surface area (Å²) in [4.78, 5) is 11.3. The number of Topliss-reactive ketones (excluding diaryl/α,β-unsaturated/α-hetero) is 1. The summed E-state index contributed by atoms with van der Waals surface area (Å²) in [5.41, 5.74) is 0.587. The summed E-state index contributed by atoms with van der Waals surface area (Å²) in [7, 11) is 0. The van der Waals surface area contributed by atoms with Crippen LogP contribution in [0.2, 0.25) is 0 Å². The van der Waals surface area contributed by atoms with E-state index in [0.29, 0.717) is 11.5 Å². The van der Waals surface area contributed by atoms with E-state index < -0.39 is 0 Å². The van der Waals surface area contributed by atoms with Crippen molar-refractivity contribution in [1.82, 2.24) is 9.78 Å². The molecule has 2 heterocycles. The van der Waals surface area contributed by atoms with Gasteiger partial charge in [-0.3, -0.25) is 9.48 Å². The van der Waals surface area contributed by atoms with Gasteiger partial charge in [0.25, 0.3) is 0 Å². The highest BCUT2D eigenvalue weighted by atomic mass is 35.5. The molecule has 1 aromatic rings. The number of alkyl halides is 1. The molecule has 0 spiro atoms. The van der Waals surface area contributed by atoms with Crippen LogP contribution in [0.3, 0.4) is 0 Å². The van der Waals surface area contributed by atoms with Gasteiger partial charge in [-0.1, -0.05) is 0 Å². The minimum Gasteiger partial charge on any atom is -0.381 e. The second-order valence-electron chi connectivity index (χ2n) is 3.74. The van der Waals surface area contributed by atoms with Crippen molar-refractivity contribution in [2.75, 3.05) is 19.1 Å². The number of hydrogen-bond acceptors (Lipinski definition) is 3. The van der Waals surface area contributed by atoms with Gasteiger partial charge in [-0.05, 0) is 6.42 Å². The highest BCUT2D eigenvalue weighted by molar-refractivity contribution is 6.30. The van der Waals surface area contributed by atoms with Crippen LogP contribution >= 0.6 is 11.6 Å². The van der Waals surface area contributed by atoms with Gasteiger partial charge >= 0.3 is 0 Å². The Morgan fingerprint density at radius 3 is 3.27 bits per heavy atom. The molecule has 0 radical (unpaired) electrons. The molecule has 1 aromatic heterocycles. The van der Waals surface area contributed by atoms with Gasteiger partial charge in [0.1, 0.15) is 0 Å². The molecule has 2 rings (SSSR count). The van der Waals surface area contributed by atoms with Crippen molar-refractivity contribution in [3.63, 3.8) is 0 Å². The number of aromatic nitrogens is 2. The highest BCUT2D eigenvalue weighted by Gasteiger charge is 2.17. The minimum atomic E-state index is -0.0782.